The molecule has 0 fully saturated rings. The Balaban J connectivity index is 0.00000450. The van der Waals surface area contributed by atoms with E-state index >= 15 is 0 Å². The Kier molecular flexibility index (Phi) is 15.7. The minimum atomic E-state index is -0.922. The van der Waals surface area contributed by atoms with Crippen molar-refractivity contribution < 1.29 is 39.5 Å². The van der Waals surface area contributed by atoms with Crippen molar-refractivity contribution in [1.29, 1.82) is 0 Å². The fourth-order valence-corrected chi connectivity index (χ4v) is 3.56. The van der Waals surface area contributed by atoms with Crippen LogP contribution in [0.25, 0.3) is 5.65 Å². The summed E-state index contributed by atoms with van der Waals surface area (Å²) in [6.07, 6.45) is 25.1. The van der Waals surface area contributed by atoms with E-state index in [1.165, 1.54) is 63.5 Å². The molecule has 2 aromatic heterocycles. The van der Waals surface area contributed by atoms with E-state index in [1.807, 2.05) is 12.3 Å². The van der Waals surface area contributed by atoms with Gasteiger partial charge >= 0.3 is 29.6 Å². The van der Waals surface area contributed by atoms with E-state index in [0.717, 1.165) is 37.8 Å². The number of carboxylic acid groups (broad SMARTS) is 1. The maximum absolute atomic E-state index is 10.3. The van der Waals surface area contributed by atoms with Crippen molar-refractivity contribution >= 4 is 11.6 Å². The number of carbonyl (C=O) groups excluding carboxylic acids is 1. The molecule has 0 unspecified atom stereocenters. The maximum atomic E-state index is 10.3. The molecular weight excluding hydrogens is 385 g/mol. The smallest absolute Gasteiger partial charge is 0.550 e. The number of hydrogen-bond donors (Lipinski definition) is 0. The molecule has 0 aliphatic carbocycles. The summed E-state index contributed by atoms with van der Waals surface area (Å²) in [4.78, 5) is 14.9. The first kappa shape index (κ1) is 26.9. The Morgan fingerprint density at radius 2 is 1.47 bits per heavy atom. The van der Waals surface area contributed by atoms with Crippen LogP contribution in [0.1, 0.15) is 95.6 Å². The van der Waals surface area contributed by atoms with Gasteiger partial charge in [-0.25, -0.2) is 9.50 Å². The van der Waals surface area contributed by atoms with Gasteiger partial charge in [0, 0.05) is 23.9 Å². The molecule has 6 heteroatoms. The molecule has 0 N–H and O–H groups in total. The molecule has 2 aromatic rings. The molecule has 0 radical (unpaired) electrons. The van der Waals surface area contributed by atoms with Gasteiger partial charge in [-0.2, -0.15) is 5.10 Å². The Morgan fingerprint density at radius 1 is 0.867 bits per heavy atom. The van der Waals surface area contributed by atoms with Gasteiger partial charge in [0.25, 0.3) is 0 Å². The molecule has 5 nitrogen and oxygen atoms in total. The number of carboxylic acids is 1. The summed E-state index contributed by atoms with van der Waals surface area (Å²) in [5, 5.41) is 14.5. The topological polar surface area (TPSA) is 70.3 Å². The third-order valence-corrected chi connectivity index (χ3v) is 5.29. The van der Waals surface area contributed by atoms with E-state index < -0.39 is 5.97 Å². The second-order valence-corrected chi connectivity index (χ2v) is 7.86. The van der Waals surface area contributed by atoms with Gasteiger partial charge in [0.15, 0.2) is 5.65 Å². The van der Waals surface area contributed by atoms with Crippen LogP contribution < -0.4 is 34.7 Å². The Bertz CT molecular complexity index is 730. The quantitative estimate of drug-likeness (QED) is 0.223. The minimum Gasteiger partial charge on any atom is -0.550 e. The van der Waals surface area contributed by atoms with Crippen LogP contribution in [-0.2, 0) is 11.2 Å². The summed E-state index contributed by atoms with van der Waals surface area (Å²) < 4.78 is 1.81. The molecule has 0 saturated carbocycles. The van der Waals surface area contributed by atoms with Crippen LogP contribution in [0.2, 0.25) is 0 Å². The van der Waals surface area contributed by atoms with Crippen LogP contribution in [0.5, 0.6) is 0 Å². The summed E-state index contributed by atoms with van der Waals surface area (Å²) in [5.74, 6) is -0.922. The first-order valence-corrected chi connectivity index (χ1v) is 11.4. The number of nitrogens with zero attached hydrogens (tertiary/aromatic N) is 3. The molecule has 30 heavy (non-hydrogen) atoms. The van der Waals surface area contributed by atoms with Gasteiger partial charge in [-0.1, -0.05) is 57.1 Å². The fraction of sp³-hybridized carbons (Fsp3) is 0.625. The van der Waals surface area contributed by atoms with Crippen LogP contribution in [0.15, 0.2) is 36.7 Å². The standard InChI is InChI=1S/C24H37N3O2.Na/c28-24(29)17-15-13-11-9-7-5-3-1-2-4-6-8-10-12-14-16-22-19-21-27-23(26-22)18-20-25-27;/h1,3,18-21H,2,4-17H2,(H,28,29);/q;+1/p-1/b3-1-;. The van der Waals surface area contributed by atoms with Crippen molar-refractivity contribution in [3.05, 3.63) is 42.4 Å². The SMILES string of the molecule is O=C([O-])CCCCCCC/C=C\CCCCCCCCc1ccn2nccc2n1.[Na+]. The first-order chi connectivity index (χ1) is 14.3. The zero-order chi connectivity index (χ0) is 20.6. The van der Waals surface area contributed by atoms with E-state index in [0.29, 0.717) is 0 Å². The molecule has 2 rings (SSSR count). The van der Waals surface area contributed by atoms with Gasteiger partial charge in [0.1, 0.15) is 0 Å². The number of aliphatic carboxylic acids is 1. The van der Waals surface area contributed by atoms with Crippen LogP contribution in [0, 0.1) is 0 Å². The fourth-order valence-electron chi connectivity index (χ4n) is 3.56. The maximum Gasteiger partial charge on any atom is 1.00 e. The molecule has 0 saturated heterocycles. The van der Waals surface area contributed by atoms with Crippen molar-refractivity contribution in [1.82, 2.24) is 14.6 Å². The van der Waals surface area contributed by atoms with Gasteiger partial charge in [-0.15, -0.1) is 0 Å². The van der Waals surface area contributed by atoms with Gasteiger partial charge in [0.2, 0.25) is 0 Å². The van der Waals surface area contributed by atoms with Crippen LogP contribution in [-0.4, -0.2) is 20.6 Å². The van der Waals surface area contributed by atoms with Crippen LogP contribution in [0.3, 0.4) is 0 Å². The summed E-state index contributed by atoms with van der Waals surface area (Å²) in [6.45, 7) is 0. The molecule has 0 aliphatic heterocycles. The molecule has 0 amide bonds. The summed E-state index contributed by atoms with van der Waals surface area (Å²) >= 11 is 0. The third-order valence-electron chi connectivity index (χ3n) is 5.29. The predicted molar refractivity (Wildman–Crippen MR) is 115 cm³/mol. The molecule has 2 heterocycles. The number of aromatic nitrogens is 3. The normalized spacial score (nSPS) is 11.2. The van der Waals surface area contributed by atoms with Gasteiger partial charge in [-0.05, 0) is 57.4 Å². The Morgan fingerprint density at radius 3 is 2.13 bits per heavy atom. The molecule has 0 aliphatic rings. The third kappa shape index (κ3) is 12.5. The first-order valence-electron chi connectivity index (χ1n) is 11.4. The number of allylic oxidation sites excluding steroid dienone is 2. The second-order valence-electron chi connectivity index (χ2n) is 7.86. The van der Waals surface area contributed by atoms with Crippen molar-refractivity contribution in [2.24, 2.45) is 0 Å². The number of hydrogen-bond acceptors (Lipinski definition) is 4. The largest absolute Gasteiger partial charge is 1.00 e. The molecule has 0 aromatic carbocycles. The number of fused-ring (bicyclic) bond motifs is 1. The monoisotopic (exact) mass is 421 g/mol. The molecule has 0 atom stereocenters. The minimum absolute atomic E-state index is 0. The Hall–Kier alpha value is -1.17. The second kappa shape index (κ2) is 17.5. The average molecular weight is 422 g/mol. The molecule has 160 valence electrons. The van der Waals surface area contributed by atoms with Gasteiger partial charge in [0.05, 0.1) is 6.20 Å². The Labute approximate surface area is 203 Å². The van der Waals surface area contributed by atoms with E-state index in [-0.39, 0.29) is 36.0 Å². The number of unbranched alkanes of at least 4 members (excludes halogenated alkanes) is 11. The van der Waals surface area contributed by atoms with Crippen molar-refractivity contribution in [3.63, 3.8) is 0 Å². The summed E-state index contributed by atoms with van der Waals surface area (Å²) in [7, 11) is 0. The van der Waals surface area contributed by atoms with Crippen molar-refractivity contribution in [2.75, 3.05) is 0 Å². The summed E-state index contributed by atoms with van der Waals surface area (Å²) in [6, 6.07) is 4.02. The van der Waals surface area contributed by atoms with E-state index in [1.54, 1.807) is 10.7 Å². The number of carbonyl (C=O) groups is 1. The van der Waals surface area contributed by atoms with Gasteiger partial charge < -0.3 is 9.90 Å². The summed E-state index contributed by atoms with van der Waals surface area (Å²) in [5.41, 5.74) is 2.10. The molecular formula is C24H36N3NaO2. The number of rotatable bonds is 17. The zero-order valence-corrected chi connectivity index (χ0v) is 20.7. The van der Waals surface area contributed by atoms with E-state index in [9.17, 15) is 9.90 Å². The van der Waals surface area contributed by atoms with Crippen molar-refractivity contribution in [3.8, 4) is 0 Å². The average Bonchev–Trinajstić information content (AvgIpc) is 3.18. The zero-order valence-electron chi connectivity index (χ0n) is 18.7. The molecule has 0 spiro atoms. The van der Waals surface area contributed by atoms with Crippen LogP contribution in [0.4, 0.5) is 0 Å². The van der Waals surface area contributed by atoms with Crippen molar-refractivity contribution in [2.45, 2.75) is 96.3 Å². The van der Waals surface area contributed by atoms with E-state index in [4.69, 9.17) is 0 Å². The van der Waals surface area contributed by atoms with Crippen LogP contribution >= 0.6 is 0 Å². The van der Waals surface area contributed by atoms with Gasteiger partial charge in [-0.3, -0.25) is 0 Å². The predicted octanol–water partition coefficient (Wildman–Crippen LogP) is 2.04. The number of aryl methyl sites for hydroxylation is 1. The van der Waals surface area contributed by atoms with E-state index in [2.05, 4.69) is 28.3 Å². The molecule has 0 bridgehead atoms.